The molecule has 4 aromatic rings. The molecule has 5 rings (SSSR count). The van der Waals surface area contributed by atoms with Gasteiger partial charge in [-0.15, -0.1) is 0 Å². The van der Waals surface area contributed by atoms with Gasteiger partial charge in [0, 0.05) is 49.3 Å². The number of rotatable bonds is 4. The van der Waals surface area contributed by atoms with Crippen LogP contribution in [-0.4, -0.2) is 72.5 Å². The number of fused-ring (bicyclic) bond motifs is 2. The highest BCUT2D eigenvalue weighted by atomic mass is 16.6. The van der Waals surface area contributed by atoms with Crippen molar-refractivity contribution in [2.75, 3.05) is 23.7 Å². The number of carbonyl (C=O) groups is 3. The van der Waals surface area contributed by atoms with E-state index in [9.17, 15) is 24.9 Å². The predicted molar refractivity (Wildman–Crippen MR) is 174 cm³/mol. The van der Waals surface area contributed by atoms with Crippen molar-refractivity contribution in [3.8, 4) is 23.4 Å². The SMILES string of the molecule is CC(=O)Nc1c(C#N)ccc2c(-c3cc(N[C@H]4CCCN(C(=O)OC(C)(C)C)C4)n4ncc(C#N)c4n3)cn(C(=O)OC(C)(C)C)c12. The van der Waals surface area contributed by atoms with Crippen molar-refractivity contribution in [1.29, 1.82) is 10.5 Å². The molecule has 1 fully saturated rings. The van der Waals surface area contributed by atoms with E-state index in [1.54, 1.807) is 50.1 Å². The lowest BCUT2D eigenvalue weighted by molar-refractivity contribution is -0.114. The third-order valence-corrected chi connectivity index (χ3v) is 7.27. The number of nitrogens with one attached hydrogen (secondary N) is 2. The average Bonchev–Trinajstić information content (AvgIpc) is 3.57. The fraction of sp³-hybridized carbons (Fsp3) is 0.424. The highest BCUT2D eigenvalue weighted by Crippen LogP contribution is 2.38. The number of amides is 2. The lowest BCUT2D eigenvalue weighted by Gasteiger charge is -2.34. The molecule has 0 aliphatic carbocycles. The number of aromatic nitrogens is 4. The largest absolute Gasteiger partial charge is 0.444 e. The number of benzene rings is 1. The monoisotopic (exact) mass is 639 g/mol. The average molecular weight is 640 g/mol. The van der Waals surface area contributed by atoms with Crippen LogP contribution in [0.2, 0.25) is 0 Å². The van der Waals surface area contributed by atoms with Crippen LogP contribution in [0.4, 0.5) is 21.1 Å². The van der Waals surface area contributed by atoms with Crippen LogP contribution in [0.1, 0.15) is 72.4 Å². The van der Waals surface area contributed by atoms with Gasteiger partial charge in [0.2, 0.25) is 5.91 Å². The van der Waals surface area contributed by atoms with E-state index in [-0.39, 0.29) is 34.0 Å². The topological polar surface area (TPSA) is 180 Å². The van der Waals surface area contributed by atoms with Gasteiger partial charge >= 0.3 is 12.2 Å². The highest BCUT2D eigenvalue weighted by Gasteiger charge is 2.29. The maximum absolute atomic E-state index is 13.5. The van der Waals surface area contributed by atoms with Crippen molar-refractivity contribution < 1.29 is 23.9 Å². The smallest absolute Gasteiger partial charge is 0.419 e. The van der Waals surface area contributed by atoms with Crippen LogP contribution in [0, 0.1) is 22.7 Å². The molecule has 2 N–H and O–H groups in total. The summed E-state index contributed by atoms with van der Waals surface area (Å²) >= 11 is 0. The first kappa shape index (κ1) is 32.8. The van der Waals surface area contributed by atoms with Gasteiger partial charge in [0.25, 0.3) is 0 Å². The Balaban J connectivity index is 1.65. The van der Waals surface area contributed by atoms with Gasteiger partial charge in [0.05, 0.1) is 28.7 Å². The Morgan fingerprint density at radius 1 is 1.00 bits per heavy atom. The predicted octanol–water partition coefficient (Wildman–Crippen LogP) is 5.65. The van der Waals surface area contributed by atoms with Gasteiger partial charge in [-0.3, -0.25) is 4.79 Å². The Morgan fingerprint density at radius 3 is 2.32 bits per heavy atom. The Bertz CT molecular complexity index is 1980. The van der Waals surface area contributed by atoms with Crippen LogP contribution >= 0.6 is 0 Å². The van der Waals surface area contributed by atoms with Gasteiger partial charge in [-0.2, -0.15) is 20.1 Å². The normalized spacial score (nSPS) is 15.2. The molecular weight excluding hydrogens is 602 g/mol. The summed E-state index contributed by atoms with van der Waals surface area (Å²) < 4.78 is 14.1. The number of hydrogen-bond donors (Lipinski definition) is 2. The maximum Gasteiger partial charge on any atom is 0.419 e. The molecule has 1 aliphatic rings. The third-order valence-electron chi connectivity index (χ3n) is 7.27. The molecule has 14 nitrogen and oxygen atoms in total. The van der Waals surface area contributed by atoms with Gasteiger partial charge in [0.15, 0.2) is 5.65 Å². The van der Waals surface area contributed by atoms with E-state index in [1.165, 1.54) is 22.2 Å². The summed E-state index contributed by atoms with van der Waals surface area (Å²) in [6.07, 6.45) is 3.36. The maximum atomic E-state index is 13.5. The van der Waals surface area contributed by atoms with Gasteiger partial charge < -0.3 is 25.0 Å². The first-order valence-electron chi connectivity index (χ1n) is 15.2. The zero-order valence-corrected chi connectivity index (χ0v) is 27.5. The summed E-state index contributed by atoms with van der Waals surface area (Å²) in [5.74, 6) is 0.0841. The summed E-state index contributed by atoms with van der Waals surface area (Å²) in [5.41, 5.74) is 0.488. The quantitative estimate of drug-likeness (QED) is 0.283. The molecule has 0 spiro atoms. The second-order valence-corrected chi connectivity index (χ2v) is 13.4. The first-order chi connectivity index (χ1) is 22.1. The van der Waals surface area contributed by atoms with Crippen LogP contribution in [0.3, 0.4) is 0 Å². The molecule has 1 atom stereocenters. The second-order valence-electron chi connectivity index (χ2n) is 13.4. The minimum Gasteiger partial charge on any atom is -0.444 e. The number of nitrogens with zero attached hydrogens (tertiary/aromatic N) is 7. The summed E-state index contributed by atoms with van der Waals surface area (Å²) in [5, 5.41) is 30.8. The fourth-order valence-electron chi connectivity index (χ4n) is 5.46. The highest BCUT2D eigenvalue weighted by molar-refractivity contribution is 6.10. The summed E-state index contributed by atoms with van der Waals surface area (Å²) in [7, 11) is 0. The Morgan fingerprint density at radius 2 is 1.68 bits per heavy atom. The van der Waals surface area contributed by atoms with Gasteiger partial charge in [-0.1, -0.05) is 6.07 Å². The van der Waals surface area contributed by atoms with Crippen LogP contribution in [0.5, 0.6) is 0 Å². The molecule has 1 aromatic carbocycles. The van der Waals surface area contributed by atoms with Crippen molar-refractivity contribution in [1.82, 2.24) is 24.1 Å². The lowest BCUT2D eigenvalue weighted by Crippen LogP contribution is -2.47. The van der Waals surface area contributed by atoms with Crippen molar-refractivity contribution in [3.05, 3.63) is 41.7 Å². The van der Waals surface area contributed by atoms with Crippen LogP contribution in [0.25, 0.3) is 27.8 Å². The minimum atomic E-state index is -0.838. The van der Waals surface area contributed by atoms with E-state index in [0.29, 0.717) is 35.6 Å². The second kappa shape index (κ2) is 12.3. The molecule has 3 aromatic heterocycles. The van der Waals surface area contributed by atoms with E-state index in [2.05, 4.69) is 27.9 Å². The molecule has 244 valence electrons. The van der Waals surface area contributed by atoms with Crippen molar-refractivity contribution in [3.63, 3.8) is 0 Å². The number of anilines is 2. The Kier molecular flexibility index (Phi) is 8.56. The molecule has 0 unspecified atom stereocenters. The lowest BCUT2D eigenvalue weighted by atomic mass is 10.0. The summed E-state index contributed by atoms with van der Waals surface area (Å²) in [6.45, 7) is 12.9. The van der Waals surface area contributed by atoms with Crippen LogP contribution < -0.4 is 10.6 Å². The standard InChI is InChI=1S/C33H37N9O5/c1-19(43)37-27-20(14-34)10-11-23-24(18-41(28(23)27)31(45)47-33(5,6)7)25-13-26(42-29(39-25)21(15-35)16-36-42)38-22-9-8-12-40(17-22)30(44)46-32(2,3)4/h10-11,13,16,18,22,38H,8-9,12,17H2,1-7H3,(H,37,43)/t22-/m0/s1. The minimum absolute atomic E-state index is 0.153. The molecule has 4 heterocycles. The molecule has 0 radical (unpaired) electrons. The van der Waals surface area contributed by atoms with Gasteiger partial charge in [-0.25, -0.2) is 19.1 Å². The van der Waals surface area contributed by atoms with E-state index >= 15 is 0 Å². The zero-order chi connectivity index (χ0) is 34.3. The van der Waals surface area contributed by atoms with Crippen LogP contribution in [0.15, 0.2) is 30.6 Å². The summed E-state index contributed by atoms with van der Waals surface area (Å²) in [4.78, 5) is 45.1. The third kappa shape index (κ3) is 6.97. The Labute approximate surface area is 271 Å². The van der Waals surface area contributed by atoms with E-state index < -0.39 is 29.3 Å². The van der Waals surface area contributed by atoms with Gasteiger partial charge in [-0.05, 0) is 60.5 Å². The molecule has 1 saturated heterocycles. The fourth-order valence-corrected chi connectivity index (χ4v) is 5.46. The number of hydrogen-bond acceptors (Lipinski definition) is 10. The van der Waals surface area contributed by atoms with E-state index in [0.717, 1.165) is 12.8 Å². The van der Waals surface area contributed by atoms with Crippen LogP contribution in [-0.2, 0) is 14.3 Å². The molecule has 0 saturated carbocycles. The number of carbonyl (C=O) groups excluding carboxylic acids is 3. The number of ether oxygens (including phenoxy) is 2. The number of nitriles is 2. The van der Waals surface area contributed by atoms with Gasteiger partial charge in [0.1, 0.15) is 34.7 Å². The molecule has 47 heavy (non-hydrogen) atoms. The molecule has 2 amide bonds. The molecule has 14 heteroatoms. The van der Waals surface area contributed by atoms with E-state index in [1.807, 2.05) is 20.8 Å². The van der Waals surface area contributed by atoms with Crippen molar-refractivity contribution in [2.45, 2.75) is 78.6 Å². The molecule has 0 bridgehead atoms. The Hall–Kier alpha value is -5.63. The van der Waals surface area contributed by atoms with Crippen molar-refractivity contribution >= 4 is 46.1 Å². The van der Waals surface area contributed by atoms with Crippen molar-refractivity contribution in [2.24, 2.45) is 0 Å². The molecule has 1 aliphatic heterocycles. The summed E-state index contributed by atoms with van der Waals surface area (Å²) in [6, 6.07) is 9.02. The molecular formula is C33H37N9O5. The number of piperidine rings is 1. The zero-order valence-electron chi connectivity index (χ0n) is 27.5. The van der Waals surface area contributed by atoms with E-state index in [4.69, 9.17) is 14.5 Å². The number of likely N-dealkylation sites (tertiary alicyclic amines) is 1. The first-order valence-corrected chi connectivity index (χ1v) is 15.2.